The van der Waals surface area contributed by atoms with Gasteiger partial charge >= 0.3 is 5.69 Å². The lowest BCUT2D eigenvalue weighted by atomic mass is 10.2. The van der Waals surface area contributed by atoms with E-state index in [0.717, 1.165) is 5.56 Å². The third-order valence-corrected chi connectivity index (χ3v) is 5.25. The molecule has 0 aliphatic rings. The van der Waals surface area contributed by atoms with Crippen molar-refractivity contribution in [2.24, 2.45) is 0 Å². The second kappa shape index (κ2) is 9.63. The number of benzene rings is 2. The number of para-hydroxylation sites is 1. The largest absolute Gasteiger partial charge is 0.496 e. The van der Waals surface area contributed by atoms with Gasteiger partial charge in [-0.3, -0.25) is 9.36 Å². The van der Waals surface area contributed by atoms with E-state index in [1.807, 2.05) is 18.2 Å². The summed E-state index contributed by atoms with van der Waals surface area (Å²) in [7, 11) is 1.55. The van der Waals surface area contributed by atoms with Gasteiger partial charge in [-0.05, 0) is 18.2 Å². The number of ether oxygens (including phenoxy) is 1. The van der Waals surface area contributed by atoms with Crippen molar-refractivity contribution >= 4 is 40.2 Å². The van der Waals surface area contributed by atoms with Crippen molar-refractivity contribution in [3.05, 3.63) is 64.6 Å². The lowest BCUT2D eigenvalue weighted by Crippen LogP contribution is -2.18. The van der Waals surface area contributed by atoms with E-state index in [2.05, 4.69) is 25.6 Å². The number of nitrogens with one attached hydrogen (secondary N) is 3. The minimum atomic E-state index is -2.01. The average Bonchev–Trinajstić information content (AvgIpc) is 3.13. The minimum absolute atomic E-state index is 0.141. The number of aromatic amines is 1. The Kier molecular flexibility index (Phi) is 6.47. The summed E-state index contributed by atoms with van der Waals surface area (Å²) in [6, 6.07) is 14.2. The molecule has 2 aromatic carbocycles. The number of H-pyrrole nitrogens is 1. The summed E-state index contributed by atoms with van der Waals surface area (Å²) in [5.41, 5.74) is 2.11. The number of hydrogen-bond acceptors (Lipinski definition) is 7. The van der Waals surface area contributed by atoms with Crippen molar-refractivity contribution in [2.75, 3.05) is 23.6 Å². The number of fused-ring (bicyclic) bond motifs is 1. The summed E-state index contributed by atoms with van der Waals surface area (Å²) in [6.07, 6.45) is 0.468. The van der Waals surface area contributed by atoms with Gasteiger partial charge in [0.1, 0.15) is 17.1 Å². The Bertz CT molecular complexity index is 1400. The van der Waals surface area contributed by atoms with Gasteiger partial charge in [0.25, 0.3) is 0 Å². The van der Waals surface area contributed by atoms with Crippen LogP contribution in [0.5, 0.6) is 5.75 Å². The van der Waals surface area contributed by atoms with Gasteiger partial charge < -0.3 is 24.9 Å². The van der Waals surface area contributed by atoms with E-state index in [0.29, 0.717) is 29.1 Å². The molecule has 33 heavy (non-hydrogen) atoms. The van der Waals surface area contributed by atoms with E-state index >= 15 is 0 Å². The summed E-state index contributed by atoms with van der Waals surface area (Å²) in [5, 5.41) is 5.35. The average molecular weight is 468 g/mol. The lowest BCUT2D eigenvalue weighted by Gasteiger charge is -2.10. The molecule has 2 heterocycles. The molecule has 4 N–H and O–H groups in total. The number of nitrogens with zero attached hydrogens (tertiary/aromatic N) is 3. The normalized spacial score (nSPS) is 11.8. The third-order valence-electron chi connectivity index (χ3n) is 4.86. The van der Waals surface area contributed by atoms with Crippen LogP contribution in [0.25, 0.3) is 22.6 Å². The number of imidazole rings is 1. The maximum absolute atomic E-state index is 12.8. The molecule has 11 nitrogen and oxygen atoms in total. The number of aromatic nitrogens is 4. The first kappa shape index (κ1) is 22.2. The van der Waals surface area contributed by atoms with Gasteiger partial charge in [-0.1, -0.05) is 30.3 Å². The number of rotatable bonds is 9. The van der Waals surface area contributed by atoms with Crippen LogP contribution in [0.2, 0.25) is 0 Å². The molecule has 0 aliphatic carbocycles. The molecule has 1 atom stereocenters. The lowest BCUT2D eigenvalue weighted by molar-refractivity contribution is -0.105. The van der Waals surface area contributed by atoms with E-state index in [1.165, 1.54) is 4.57 Å². The predicted molar refractivity (Wildman–Crippen MR) is 125 cm³/mol. The third kappa shape index (κ3) is 4.76. The highest BCUT2D eigenvalue weighted by atomic mass is 32.2. The summed E-state index contributed by atoms with van der Waals surface area (Å²) < 4.78 is 26.8. The smallest absolute Gasteiger partial charge is 0.328 e. The van der Waals surface area contributed by atoms with Crippen LogP contribution >= 0.6 is 0 Å². The monoisotopic (exact) mass is 468 g/mol. The summed E-state index contributed by atoms with van der Waals surface area (Å²) >= 11 is -2.01. The van der Waals surface area contributed by atoms with E-state index in [-0.39, 0.29) is 29.6 Å². The number of hydrogen-bond donors (Lipinski definition) is 4. The Morgan fingerprint density at radius 2 is 2.03 bits per heavy atom. The van der Waals surface area contributed by atoms with Gasteiger partial charge in [0.15, 0.2) is 28.4 Å². The second-order valence-electron chi connectivity index (χ2n) is 6.91. The van der Waals surface area contributed by atoms with Crippen molar-refractivity contribution in [1.29, 1.82) is 0 Å². The van der Waals surface area contributed by atoms with Gasteiger partial charge in [-0.2, -0.15) is 0 Å². The minimum Gasteiger partial charge on any atom is -0.496 e. The van der Waals surface area contributed by atoms with Crippen LogP contribution in [0.1, 0.15) is 5.56 Å². The van der Waals surface area contributed by atoms with E-state index in [4.69, 9.17) is 9.29 Å². The highest BCUT2D eigenvalue weighted by Gasteiger charge is 2.18. The molecular formula is C21H20N6O5S. The van der Waals surface area contributed by atoms with Crippen molar-refractivity contribution < 1.29 is 18.3 Å². The topological polar surface area (TPSA) is 151 Å². The van der Waals surface area contributed by atoms with Crippen molar-refractivity contribution in [2.45, 2.75) is 6.54 Å². The van der Waals surface area contributed by atoms with Crippen LogP contribution in [0, 0.1) is 0 Å². The fourth-order valence-corrected chi connectivity index (χ4v) is 3.67. The van der Waals surface area contributed by atoms with E-state index < -0.39 is 16.8 Å². The first-order chi connectivity index (χ1) is 16.0. The molecule has 2 aromatic heterocycles. The van der Waals surface area contributed by atoms with Gasteiger partial charge in [-0.15, -0.1) is 0 Å². The van der Waals surface area contributed by atoms with Crippen LogP contribution in [-0.2, 0) is 22.4 Å². The zero-order valence-electron chi connectivity index (χ0n) is 17.4. The molecule has 0 saturated heterocycles. The maximum atomic E-state index is 12.8. The molecule has 1 amide bonds. The van der Waals surface area contributed by atoms with Crippen LogP contribution < -0.4 is 21.1 Å². The predicted octanol–water partition coefficient (Wildman–Crippen LogP) is 2.00. The van der Waals surface area contributed by atoms with Crippen LogP contribution in [0.3, 0.4) is 0 Å². The van der Waals surface area contributed by atoms with Gasteiger partial charge in [0.2, 0.25) is 6.41 Å². The first-order valence-corrected chi connectivity index (χ1v) is 11.0. The second-order valence-corrected chi connectivity index (χ2v) is 7.84. The Morgan fingerprint density at radius 1 is 1.21 bits per heavy atom. The molecule has 0 bridgehead atoms. The number of anilines is 2. The first-order valence-electron chi connectivity index (χ1n) is 9.74. The number of amides is 1. The standard InChI is InChI=1S/C21H20N6O5S/c1-32-16-8-3-2-5-14(16)10-27-20-17(24-21(27)29)19(22-11-28)25-18(26-20)13-6-4-7-15(9-13)23-12-33(30)31/h2-9,11,23H,10,12H2,1H3,(H,24,29)(H,30,31)(H,22,25,26,28). The zero-order chi connectivity index (χ0) is 23.4. The van der Waals surface area contributed by atoms with Gasteiger partial charge in [0.05, 0.1) is 13.7 Å². The SMILES string of the molecule is COc1ccccc1Cn1c(=O)[nH]c2c(NC=O)nc(-c3cccc(NCS(=O)O)c3)nc21. The summed E-state index contributed by atoms with van der Waals surface area (Å²) in [5.74, 6) is 0.890. The fraction of sp³-hybridized carbons (Fsp3) is 0.143. The molecule has 170 valence electrons. The number of carbonyl (C=O) groups is 1. The Morgan fingerprint density at radius 3 is 2.79 bits per heavy atom. The maximum Gasteiger partial charge on any atom is 0.328 e. The Labute approximate surface area is 190 Å². The highest BCUT2D eigenvalue weighted by molar-refractivity contribution is 7.79. The molecule has 4 rings (SSSR count). The highest BCUT2D eigenvalue weighted by Crippen LogP contribution is 2.26. The molecule has 0 aliphatic heterocycles. The summed E-state index contributed by atoms with van der Waals surface area (Å²) in [6.45, 7) is 0.184. The van der Waals surface area contributed by atoms with Crippen molar-refractivity contribution in [1.82, 2.24) is 19.5 Å². The Hall–Kier alpha value is -4.03. The van der Waals surface area contributed by atoms with E-state index in [9.17, 15) is 13.8 Å². The molecular weight excluding hydrogens is 448 g/mol. The molecule has 12 heteroatoms. The Balaban J connectivity index is 1.83. The van der Waals surface area contributed by atoms with E-state index in [1.54, 1.807) is 37.4 Å². The van der Waals surface area contributed by atoms with Gasteiger partial charge in [0, 0.05) is 16.8 Å². The van der Waals surface area contributed by atoms with Crippen molar-refractivity contribution in [3.63, 3.8) is 0 Å². The van der Waals surface area contributed by atoms with Crippen LogP contribution in [0.4, 0.5) is 11.5 Å². The summed E-state index contributed by atoms with van der Waals surface area (Å²) in [4.78, 5) is 35.6. The van der Waals surface area contributed by atoms with Gasteiger partial charge in [-0.25, -0.2) is 19.0 Å². The number of carbonyl (C=O) groups excluding carboxylic acids is 1. The molecule has 4 aromatic rings. The zero-order valence-corrected chi connectivity index (χ0v) is 18.3. The fourth-order valence-electron chi connectivity index (χ4n) is 3.38. The molecule has 1 unspecified atom stereocenters. The number of methoxy groups -OCH3 is 1. The van der Waals surface area contributed by atoms with Crippen molar-refractivity contribution in [3.8, 4) is 17.1 Å². The van der Waals surface area contributed by atoms with Crippen LogP contribution in [-0.4, -0.2) is 47.7 Å². The molecule has 0 fully saturated rings. The molecule has 0 saturated carbocycles. The molecule has 0 spiro atoms. The quantitative estimate of drug-likeness (QED) is 0.215. The molecule has 0 radical (unpaired) electrons. The van der Waals surface area contributed by atoms with Crippen LogP contribution in [0.15, 0.2) is 53.3 Å².